The van der Waals surface area contributed by atoms with Crippen LogP contribution in [0, 0.1) is 0 Å². The Morgan fingerprint density at radius 3 is 2.42 bits per heavy atom. The lowest BCUT2D eigenvalue weighted by Gasteiger charge is -2.36. The van der Waals surface area contributed by atoms with Gasteiger partial charge in [0.25, 0.3) is 5.91 Å². The molecule has 7 nitrogen and oxygen atoms in total. The highest BCUT2D eigenvalue weighted by Gasteiger charge is 2.38. The number of hydrogen-bond donors (Lipinski definition) is 2. The van der Waals surface area contributed by atoms with E-state index < -0.39 is 11.9 Å². The van der Waals surface area contributed by atoms with Crippen molar-refractivity contribution in [1.82, 2.24) is 0 Å². The monoisotopic (exact) mass is 507 g/mol. The van der Waals surface area contributed by atoms with Crippen molar-refractivity contribution in [1.29, 1.82) is 0 Å². The van der Waals surface area contributed by atoms with Crippen molar-refractivity contribution in [3.05, 3.63) is 82.8 Å². The summed E-state index contributed by atoms with van der Waals surface area (Å²) in [4.78, 5) is 40.6. The fourth-order valence-electron chi connectivity index (χ4n) is 3.65. The van der Waals surface area contributed by atoms with Crippen LogP contribution in [0.5, 0.6) is 5.75 Å². The van der Waals surface area contributed by atoms with Crippen LogP contribution in [0.25, 0.3) is 0 Å². The number of ether oxygens (including phenoxy) is 1. The second kappa shape index (κ2) is 9.87. The summed E-state index contributed by atoms with van der Waals surface area (Å²) >= 11 is 3.37. The summed E-state index contributed by atoms with van der Waals surface area (Å²) in [6.07, 6.45) is -0.199. The predicted molar refractivity (Wildman–Crippen MR) is 131 cm³/mol. The molecule has 0 aliphatic carbocycles. The van der Waals surface area contributed by atoms with Gasteiger partial charge in [0.15, 0.2) is 0 Å². The number of nitrogens with zero attached hydrogens (tertiary/aromatic N) is 1. The fourth-order valence-corrected chi connectivity index (χ4v) is 3.91. The molecule has 3 amide bonds. The Hall–Kier alpha value is -3.65. The standard InChI is InChI=1S/C25H22BrN3O4/c1-2-33-19-13-11-18(12-14-19)27-23(30)15-22-24(31)28-20-5-3-4-6-21(20)29(22)25(32)16-7-9-17(26)10-8-16/h3-14,22H,2,15H2,1H3,(H,27,30)(H,28,31)/t22-/m0/s1. The Morgan fingerprint density at radius 2 is 1.73 bits per heavy atom. The first-order valence-electron chi connectivity index (χ1n) is 10.5. The normalized spacial score (nSPS) is 14.8. The minimum Gasteiger partial charge on any atom is -0.494 e. The Morgan fingerprint density at radius 1 is 1.03 bits per heavy atom. The van der Waals surface area contributed by atoms with Gasteiger partial charge in [-0.3, -0.25) is 19.3 Å². The molecule has 3 aromatic rings. The van der Waals surface area contributed by atoms with Crippen molar-refractivity contribution in [2.75, 3.05) is 22.1 Å². The number of benzene rings is 3. The molecule has 3 aromatic carbocycles. The summed E-state index contributed by atoms with van der Waals surface area (Å²) in [6, 6.07) is 19.9. The van der Waals surface area contributed by atoms with E-state index in [1.165, 1.54) is 4.90 Å². The SMILES string of the molecule is CCOc1ccc(NC(=O)C[C@H]2C(=O)Nc3ccccc3N2C(=O)c2ccc(Br)cc2)cc1. The molecular weight excluding hydrogens is 486 g/mol. The van der Waals surface area contributed by atoms with Crippen LogP contribution >= 0.6 is 15.9 Å². The van der Waals surface area contributed by atoms with Gasteiger partial charge < -0.3 is 15.4 Å². The molecule has 4 rings (SSSR count). The summed E-state index contributed by atoms with van der Waals surface area (Å²) in [5.41, 5.74) is 2.06. The average molecular weight is 508 g/mol. The largest absolute Gasteiger partial charge is 0.494 e. The second-order valence-corrected chi connectivity index (χ2v) is 8.33. The van der Waals surface area contributed by atoms with Crippen LogP contribution in [0.3, 0.4) is 0 Å². The minimum absolute atomic E-state index is 0.199. The van der Waals surface area contributed by atoms with Gasteiger partial charge in [-0.15, -0.1) is 0 Å². The number of fused-ring (bicyclic) bond motifs is 1. The zero-order chi connectivity index (χ0) is 23.4. The lowest BCUT2D eigenvalue weighted by molar-refractivity contribution is -0.122. The molecule has 1 heterocycles. The number of carbonyl (C=O) groups excluding carboxylic acids is 3. The van der Waals surface area contributed by atoms with Gasteiger partial charge in [0, 0.05) is 15.7 Å². The van der Waals surface area contributed by atoms with Crippen molar-refractivity contribution in [3.63, 3.8) is 0 Å². The van der Waals surface area contributed by atoms with Crippen LogP contribution in [0.2, 0.25) is 0 Å². The fraction of sp³-hybridized carbons (Fsp3) is 0.160. The number of nitrogens with one attached hydrogen (secondary N) is 2. The summed E-state index contributed by atoms with van der Waals surface area (Å²) < 4.78 is 6.25. The second-order valence-electron chi connectivity index (χ2n) is 7.41. The van der Waals surface area contributed by atoms with E-state index in [1.807, 2.05) is 6.92 Å². The van der Waals surface area contributed by atoms with Crippen LogP contribution in [-0.4, -0.2) is 30.4 Å². The molecule has 0 spiro atoms. The third-order valence-electron chi connectivity index (χ3n) is 5.17. The highest BCUT2D eigenvalue weighted by Crippen LogP contribution is 2.34. The van der Waals surface area contributed by atoms with Gasteiger partial charge in [-0.1, -0.05) is 28.1 Å². The van der Waals surface area contributed by atoms with E-state index in [9.17, 15) is 14.4 Å². The quantitative estimate of drug-likeness (QED) is 0.499. The molecule has 8 heteroatoms. The molecule has 2 N–H and O–H groups in total. The number of anilines is 3. The third-order valence-corrected chi connectivity index (χ3v) is 5.70. The van der Waals surface area contributed by atoms with Crippen molar-refractivity contribution in [2.24, 2.45) is 0 Å². The van der Waals surface area contributed by atoms with Crippen molar-refractivity contribution in [2.45, 2.75) is 19.4 Å². The van der Waals surface area contributed by atoms with E-state index in [0.29, 0.717) is 35.0 Å². The lowest BCUT2D eigenvalue weighted by atomic mass is 10.0. The first-order valence-corrected chi connectivity index (χ1v) is 11.3. The molecule has 0 saturated heterocycles. The van der Waals surface area contributed by atoms with E-state index in [2.05, 4.69) is 26.6 Å². The van der Waals surface area contributed by atoms with Gasteiger partial charge in [-0.2, -0.15) is 0 Å². The Kier molecular flexibility index (Phi) is 6.74. The van der Waals surface area contributed by atoms with Gasteiger partial charge >= 0.3 is 0 Å². The number of amides is 3. The molecule has 0 saturated carbocycles. The highest BCUT2D eigenvalue weighted by molar-refractivity contribution is 9.10. The number of halogens is 1. The number of rotatable bonds is 6. The molecule has 0 radical (unpaired) electrons. The van der Waals surface area contributed by atoms with E-state index in [-0.39, 0.29) is 18.2 Å². The van der Waals surface area contributed by atoms with Crippen molar-refractivity contribution >= 4 is 50.7 Å². The molecule has 0 fully saturated rings. The van der Waals surface area contributed by atoms with E-state index in [0.717, 1.165) is 4.47 Å². The highest BCUT2D eigenvalue weighted by atomic mass is 79.9. The topological polar surface area (TPSA) is 87.7 Å². The van der Waals surface area contributed by atoms with Gasteiger partial charge in [-0.25, -0.2) is 0 Å². The summed E-state index contributed by atoms with van der Waals surface area (Å²) in [5.74, 6) is -0.456. The minimum atomic E-state index is -1.00. The Balaban J connectivity index is 1.59. The number of para-hydroxylation sites is 2. The average Bonchev–Trinajstić information content (AvgIpc) is 2.81. The zero-order valence-corrected chi connectivity index (χ0v) is 19.5. The maximum atomic E-state index is 13.5. The van der Waals surface area contributed by atoms with Crippen LogP contribution in [0.4, 0.5) is 17.1 Å². The molecule has 0 unspecified atom stereocenters. The summed E-state index contributed by atoms with van der Waals surface area (Å²) in [7, 11) is 0. The number of hydrogen-bond acceptors (Lipinski definition) is 4. The first kappa shape index (κ1) is 22.5. The summed E-state index contributed by atoms with van der Waals surface area (Å²) in [6.45, 7) is 2.44. The summed E-state index contributed by atoms with van der Waals surface area (Å²) in [5, 5.41) is 5.60. The van der Waals surface area contributed by atoms with Crippen LogP contribution < -0.4 is 20.3 Å². The first-order chi connectivity index (χ1) is 16.0. The Labute approximate surface area is 199 Å². The van der Waals surface area contributed by atoms with Crippen molar-refractivity contribution in [3.8, 4) is 5.75 Å². The van der Waals surface area contributed by atoms with Gasteiger partial charge in [0.1, 0.15) is 11.8 Å². The maximum absolute atomic E-state index is 13.5. The molecule has 1 aliphatic rings. The molecule has 0 aromatic heterocycles. The zero-order valence-electron chi connectivity index (χ0n) is 17.9. The maximum Gasteiger partial charge on any atom is 0.259 e. The molecule has 1 atom stereocenters. The van der Waals surface area contributed by atoms with Crippen molar-refractivity contribution < 1.29 is 19.1 Å². The van der Waals surface area contributed by atoms with Gasteiger partial charge in [0.2, 0.25) is 11.8 Å². The van der Waals surface area contributed by atoms with Crippen LogP contribution in [0.1, 0.15) is 23.7 Å². The smallest absolute Gasteiger partial charge is 0.259 e. The van der Waals surface area contributed by atoms with Gasteiger partial charge in [0.05, 0.1) is 24.4 Å². The molecule has 33 heavy (non-hydrogen) atoms. The Bertz CT molecular complexity index is 1180. The van der Waals surface area contributed by atoms with E-state index in [4.69, 9.17) is 4.74 Å². The third kappa shape index (κ3) is 5.06. The van der Waals surface area contributed by atoms with E-state index in [1.54, 1.807) is 72.8 Å². The lowest BCUT2D eigenvalue weighted by Crippen LogP contribution is -2.52. The van der Waals surface area contributed by atoms with Crippen LogP contribution in [0.15, 0.2) is 77.3 Å². The number of carbonyl (C=O) groups is 3. The predicted octanol–water partition coefficient (Wildman–Crippen LogP) is 4.84. The molecule has 0 bridgehead atoms. The van der Waals surface area contributed by atoms with E-state index >= 15 is 0 Å². The molecule has 168 valence electrons. The van der Waals surface area contributed by atoms with Crippen LogP contribution in [-0.2, 0) is 9.59 Å². The molecular formula is C25H22BrN3O4. The molecule has 1 aliphatic heterocycles. The van der Waals surface area contributed by atoms with Gasteiger partial charge in [-0.05, 0) is 67.6 Å².